The van der Waals surface area contributed by atoms with E-state index in [1.54, 1.807) is 0 Å². The number of hydrogen-bond donors (Lipinski definition) is 1. The van der Waals surface area contributed by atoms with Crippen molar-refractivity contribution >= 4 is 32.6 Å². The van der Waals surface area contributed by atoms with Crippen molar-refractivity contribution in [2.45, 2.75) is 12.3 Å². The van der Waals surface area contributed by atoms with E-state index in [1.807, 2.05) is 0 Å². The molecule has 1 atom stereocenters. The summed E-state index contributed by atoms with van der Waals surface area (Å²) in [4.78, 5) is 3.61. The van der Waals surface area contributed by atoms with Crippen molar-refractivity contribution in [1.29, 1.82) is 0 Å². The second kappa shape index (κ2) is 4.85. The lowest BCUT2D eigenvalue weighted by atomic mass is 9.87. The Bertz CT molecular complexity index is 1100. The van der Waals surface area contributed by atoms with Gasteiger partial charge in [0.2, 0.25) is 0 Å². The van der Waals surface area contributed by atoms with Crippen molar-refractivity contribution in [3.63, 3.8) is 0 Å². The molecule has 0 fully saturated rings. The average molecular weight is 295 g/mol. The Kier molecular flexibility index (Phi) is 2.68. The van der Waals surface area contributed by atoms with Crippen molar-refractivity contribution < 1.29 is 0 Å². The third-order valence-corrected chi connectivity index (χ3v) is 4.92. The summed E-state index contributed by atoms with van der Waals surface area (Å²) < 4.78 is 0. The van der Waals surface area contributed by atoms with Crippen LogP contribution in [0.4, 0.5) is 0 Å². The Morgan fingerprint density at radius 3 is 2.39 bits per heavy atom. The predicted molar refractivity (Wildman–Crippen MR) is 98.9 cm³/mol. The molecule has 0 radical (unpaired) electrons. The molecule has 1 heterocycles. The molecule has 1 N–H and O–H groups in total. The zero-order chi connectivity index (χ0) is 15.2. The molecule has 23 heavy (non-hydrogen) atoms. The number of allylic oxidation sites excluding steroid dienone is 4. The Morgan fingerprint density at radius 2 is 1.57 bits per heavy atom. The maximum Gasteiger partial charge on any atom is 0.0474 e. The number of hydrogen-bond acceptors (Lipinski definition) is 0. The fourth-order valence-electron chi connectivity index (χ4n) is 3.87. The molecular formula is C22H17N. The summed E-state index contributed by atoms with van der Waals surface area (Å²) in [6.07, 6.45) is 9.95. The van der Waals surface area contributed by atoms with Crippen molar-refractivity contribution in [1.82, 2.24) is 4.98 Å². The molecule has 5 rings (SSSR count). The van der Waals surface area contributed by atoms with Gasteiger partial charge in [-0.3, -0.25) is 0 Å². The van der Waals surface area contributed by atoms with Gasteiger partial charge in [0.1, 0.15) is 0 Å². The number of fused-ring (bicyclic) bond motifs is 5. The molecule has 0 spiro atoms. The van der Waals surface area contributed by atoms with Gasteiger partial charge in [-0.25, -0.2) is 0 Å². The van der Waals surface area contributed by atoms with Crippen LogP contribution in [0.1, 0.15) is 17.9 Å². The molecular weight excluding hydrogens is 278 g/mol. The van der Waals surface area contributed by atoms with Crippen LogP contribution in [-0.2, 0) is 0 Å². The Balaban J connectivity index is 1.93. The summed E-state index contributed by atoms with van der Waals surface area (Å²) in [5.41, 5.74) is 3.87. The molecule has 1 aromatic heterocycles. The van der Waals surface area contributed by atoms with Gasteiger partial charge in [-0.05, 0) is 34.9 Å². The van der Waals surface area contributed by atoms with Crippen LogP contribution < -0.4 is 0 Å². The molecule has 1 heteroatoms. The first-order valence-corrected chi connectivity index (χ1v) is 8.17. The van der Waals surface area contributed by atoms with Crippen molar-refractivity contribution in [3.05, 3.63) is 84.5 Å². The molecule has 1 nitrogen and oxygen atoms in total. The molecule has 1 aliphatic carbocycles. The Morgan fingerprint density at radius 1 is 0.783 bits per heavy atom. The number of benzene rings is 3. The minimum atomic E-state index is 0.459. The number of aromatic amines is 1. The summed E-state index contributed by atoms with van der Waals surface area (Å²) in [6.45, 7) is 0. The number of nitrogens with one attached hydrogen (secondary N) is 1. The number of para-hydroxylation sites is 1. The van der Waals surface area contributed by atoms with Gasteiger partial charge in [0.15, 0.2) is 0 Å². The first kappa shape index (κ1) is 12.7. The van der Waals surface area contributed by atoms with Crippen LogP contribution >= 0.6 is 0 Å². The lowest BCUT2D eigenvalue weighted by molar-refractivity contribution is 0.863. The third kappa shape index (κ3) is 1.86. The number of H-pyrrole nitrogens is 1. The lowest BCUT2D eigenvalue weighted by Gasteiger charge is -2.17. The van der Waals surface area contributed by atoms with Crippen LogP contribution in [-0.4, -0.2) is 4.98 Å². The van der Waals surface area contributed by atoms with Crippen LogP contribution in [0.5, 0.6) is 0 Å². The molecule has 0 bridgehead atoms. The second-order valence-corrected chi connectivity index (χ2v) is 6.26. The van der Waals surface area contributed by atoms with E-state index in [0.717, 1.165) is 6.42 Å². The quantitative estimate of drug-likeness (QED) is 0.438. The van der Waals surface area contributed by atoms with Crippen LogP contribution in [0.25, 0.3) is 32.6 Å². The maximum absolute atomic E-state index is 3.61. The van der Waals surface area contributed by atoms with Gasteiger partial charge >= 0.3 is 0 Å². The summed E-state index contributed by atoms with van der Waals surface area (Å²) in [7, 11) is 0. The SMILES string of the molecule is C1=CCC(c2cc3[nH]c4ccccc4c3c3ccccc23)C=C1. The van der Waals surface area contributed by atoms with Gasteiger partial charge in [-0.1, -0.05) is 66.8 Å². The Hall–Kier alpha value is -2.80. The predicted octanol–water partition coefficient (Wildman–Crippen LogP) is 6.07. The maximum atomic E-state index is 3.61. The van der Waals surface area contributed by atoms with E-state index in [0.29, 0.717) is 5.92 Å². The second-order valence-electron chi connectivity index (χ2n) is 6.26. The molecule has 0 aliphatic heterocycles. The van der Waals surface area contributed by atoms with E-state index >= 15 is 0 Å². The highest BCUT2D eigenvalue weighted by molar-refractivity contribution is 6.20. The highest BCUT2D eigenvalue weighted by atomic mass is 14.7. The fourth-order valence-corrected chi connectivity index (χ4v) is 3.87. The van der Waals surface area contributed by atoms with Gasteiger partial charge < -0.3 is 4.98 Å². The molecule has 0 saturated carbocycles. The van der Waals surface area contributed by atoms with Crippen LogP contribution in [0.15, 0.2) is 78.9 Å². The molecule has 0 saturated heterocycles. The largest absolute Gasteiger partial charge is 0.354 e. The van der Waals surface area contributed by atoms with Gasteiger partial charge in [0.05, 0.1) is 0 Å². The van der Waals surface area contributed by atoms with E-state index in [4.69, 9.17) is 0 Å². The lowest BCUT2D eigenvalue weighted by Crippen LogP contribution is -1.97. The molecule has 4 aromatic rings. The van der Waals surface area contributed by atoms with Gasteiger partial charge in [-0.2, -0.15) is 0 Å². The molecule has 0 amide bonds. The van der Waals surface area contributed by atoms with Gasteiger partial charge in [0, 0.05) is 27.7 Å². The van der Waals surface area contributed by atoms with Crippen LogP contribution in [0.2, 0.25) is 0 Å². The van der Waals surface area contributed by atoms with E-state index in [2.05, 4.69) is 83.9 Å². The van der Waals surface area contributed by atoms with E-state index in [1.165, 1.54) is 38.1 Å². The van der Waals surface area contributed by atoms with E-state index in [-0.39, 0.29) is 0 Å². The summed E-state index contributed by atoms with van der Waals surface area (Å²) in [6, 6.07) is 19.7. The molecule has 1 unspecified atom stereocenters. The zero-order valence-electron chi connectivity index (χ0n) is 12.8. The third-order valence-electron chi connectivity index (χ3n) is 4.92. The summed E-state index contributed by atoms with van der Waals surface area (Å²) >= 11 is 0. The van der Waals surface area contributed by atoms with Crippen LogP contribution in [0, 0.1) is 0 Å². The molecule has 1 aliphatic rings. The highest BCUT2D eigenvalue weighted by Crippen LogP contribution is 2.38. The topological polar surface area (TPSA) is 15.8 Å². The minimum absolute atomic E-state index is 0.459. The summed E-state index contributed by atoms with van der Waals surface area (Å²) in [5, 5.41) is 5.37. The van der Waals surface area contributed by atoms with Gasteiger partial charge in [-0.15, -0.1) is 0 Å². The van der Waals surface area contributed by atoms with E-state index < -0.39 is 0 Å². The number of rotatable bonds is 1. The normalized spacial score (nSPS) is 17.5. The molecule has 3 aromatic carbocycles. The van der Waals surface area contributed by atoms with Crippen molar-refractivity contribution in [3.8, 4) is 0 Å². The van der Waals surface area contributed by atoms with E-state index in [9.17, 15) is 0 Å². The Labute approximate surface area is 134 Å². The van der Waals surface area contributed by atoms with Crippen LogP contribution in [0.3, 0.4) is 0 Å². The number of aromatic nitrogens is 1. The molecule has 110 valence electrons. The monoisotopic (exact) mass is 295 g/mol. The summed E-state index contributed by atoms with van der Waals surface area (Å²) in [5.74, 6) is 0.459. The first-order chi connectivity index (χ1) is 11.4. The fraction of sp³-hybridized carbons (Fsp3) is 0.0909. The minimum Gasteiger partial charge on any atom is -0.354 e. The van der Waals surface area contributed by atoms with Crippen molar-refractivity contribution in [2.75, 3.05) is 0 Å². The average Bonchev–Trinajstić information content (AvgIpc) is 3.00. The van der Waals surface area contributed by atoms with Gasteiger partial charge in [0.25, 0.3) is 0 Å². The first-order valence-electron chi connectivity index (χ1n) is 8.17. The smallest absolute Gasteiger partial charge is 0.0474 e. The standard InChI is InChI=1S/C22H17N/c1-2-8-15(9-3-1)19-14-21-22(17-11-5-4-10-16(17)19)18-12-6-7-13-20(18)23-21/h1-8,10-15,23H,9H2. The highest BCUT2D eigenvalue weighted by Gasteiger charge is 2.16. The zero-order valence-corrected chi connectivity index (χ0v) is 12.8. The van der Waals surface area contributed by atoms with Crippen molar-refractivity contribution in [2.24, 2.45) is 0 Å².